The molecule has 0 aromatic heterocycles. The zero-order valence-electron chi connectivity index (χ0n) is 7.75. The predicted octanol–water partition coefficient (Wildman–Crippen LogP) is 2.75. The van der Waals surface area contributed by atoms with Crippen molar-refractivity contribution < 1.29 is 22.3 Å². The first-order valence-electron chi connectivity index (χ1n) is 3.99. The SMILES string of the molecule is N/C(=C\S)c1cc(F)c(OC(F)F)cc1F. The van der Waals surface area contributed by atoms with E-state index in [9.17, 15) is 17.6 Å². The van der Waals surface area contributed by atoms with Gasteiger partial charge in [-0.05, 0) is 11.5 Å². The van der Waals surface area contributed by atoms with Crippen LogP contribution in [0.25, 0.3) is 5.70 Å². The molecule has 0 aliphatic carbocycles. The molecule has 0 spiro atoms. The maximum atomic E-state index is 13.3. The average Bonchev–Trinajstić information content (AvgIpc) is 2.21. The van der Waals surface area contributed by atoms with Gasteiger partial charge in [0, 0.05) is 17.3 Å². The van der Waals surface area contributed by atoms with E-state index in [1.165, 1.54) is 0 Å². The molecule has 0 heterocycles. The van der Waals surface area contributed by atoms with Crippen molar-refractivity contribution >= 4 is 18.3 Å². The molecule has 1 aromatic rings. The van der Waals surface area contributed by atoms with Crippen LogP contribution in [0.15, 0.2) is 17.5 Å². The van der Waals surface area contributed by atoms with Gasteiger partial charge in [-0.2, -0.15) is 8.78 Å². The number of nitrogens with two attached hydrogens (primary N) is 1. The number of rotatable bonds is 3. The first-order valence-corrected chi connectivity index (χ1v) is 4.51. The quantitative estimate of drug-likeness (QED) is 0.641. The first-order chi connectivity index (χ1) is 7.45. The molecule has 1 rings (SSSR count). The largest absolute Gasteiger partial charge is 0.432 e. The molecule has 0 bridgehead atoms. The Labute approximate surface area is 94.1 Å². The zero-order valence-corrected chi connectivity index (χ0v) is 8.65. The van der Waals surface area contributed by atoms with Crippen LogP contribution in [0.3, 0.4) is 0 Å². The van der Waals surface area contributed by atoms with Crippen LogP contribution in [0.2, 0.25) is 0 Å². The van der Waals surface area contributed by atoms with Gasteiger partial charge in [0.15, 0.2) is 11.6 Å². The third-order valence-electron chi connectivity index (χ3n) is 1.69. The summed E-state index contributed by atoms with van der Waals surface area (Å²) in [6.45, 7) is -3.22. The molecule has 0 amide bonds. The molecule has 0 aliphatic rings. The number of halogens is 4. The number of alkyl halides is 2. The van der Waals surface area contributed by atoms with E-state index in [4.69, 9.17) is 5.73 Å². The maximum absolute atomic E-state index is 13.3. The fourth-order valence-corrected chi connectivity index (χ4v) is 1.14. The molecule has 0 fully saturated rings. The maximum Gasteiger partial charge on any atom is 0.387 e. The van der Waals surface area contributed by atoms with Crippen molar-refractivity contribution in [1.82, 2.24) is 0 Å². The molecule has 0 unspecified atom stereocenters. The second-order valence-electron chi connectivity index (χ2n) is 2.73. The number of thiol groups is 1. The fourth-order valence-electron chi connectivity index (χ4n) is 1.01. The summed E-state index contributed by atoms with van der Waals surface area (Å²) in [6, 6.07) is 1.16. The third kappa shape index (κ3) is 2.82. The van der Waals surface area contributed by atoms with E-state index in [0.29, 0.717) is 12.1 Å². The molecular weight excluding hydrogens is 246 g/mol. The Kier molecular flexibility index (Phi) is 4.05. The Morgan fingerprint density at radius 3 is 2.44 bits per heavy atom. The highest BCUT2D eigenvalue weighted by atomic mass is 32.1. The molecule has 0 saturated carbocycles. The van der Waals surface area contributed by atoms with Gasteiger partial charge in [-0.3, -0.25) is 0 Å². The van der Waals surface area contributed by atoms with Gasteiger partial charge >= 0.3 is 6.61 Å². The van der Waals surface area contributed by atoms with Gasteiger partial charge in [0.05, 0.1) is 0 Å². The topological polar surface area (TPSA) is 35.2 Å². The fraction of sp³-hybridized carbons (Fsp3) is 0.111. The highest BCUT2D eigenvalue weighted by Gasteiger charge is 2.15. The second kappa shape index (κ2) is 5.11. The molecule has 0 aliphatic heterocycles. The van der Waals surface area contributed by atoms with Gasteiger partial charge in [-0.15, -0.1) is 12.6 Å². The van der Waals surface area contributed by atoms with Crippen molar-refractivity contribution in [2.45, 2.75) is 6.61 Å². The Balaban J connectivity index is 3.17. The van der Waals surface area contributed by atoms with Gasteiger partial charge in [0.2, 0.25) is 0 Å². The van der Waals surface area contributed by atoms with Crippen LogP contribution in [0, 0.1) is 11.6 Å². The minimum atomic E-state index is -3.22. The van der Waals surface area contributed by atoms with Gasteiger partial charge in [0.25, 0.3) is 0 Å². The minimum Gasteiger partial charge on any atom is -0.432 e. The number of ether oxygens (including phenoxy) is 1. The molecular formula is C9H7F4NOS. The Hall–Kier alpha value is -1.37. The Morgan fingerprint density at radius 2 is 1.94 bits per heavy atom. The Morgan fingerprint density at radius 1 is 1.31 bits per heavy atom. The number of hydrogen-bond acceptors (Lipinski definition) is 3. The number of hydrogen-bond donors (Lipinski definition) is 2. The summed E-state index contributed by atoms with van der Waals surface area (Å²) in [6.07, 6.45) is 0. The van der Waals surface area contributed by atoms with Crippen molar-refractivity contribution in [1.29, 1.82) is 0 Å². The molecule has 0 atom stereocenters. The summed E-state index contributed by atoms with van der Waals surface area (Å²) in [5.74, 6) is -2.97. The van der Waals surface area contributed by atoms with E-state index in [-0.39, 0.29) is 11.3 Å². The van der Waals surface area contributed by atoms with Gasteiger partial charge in [0.1, 0.15) is 5.82 Å². The summed E-state index contributed by atoms with van der Waals surface area (Å²) < 4.78 is 53.8. The smallest absolute Gasteiger partial charge is 0.387 e. The van der Waals surface area contributed by atoms with E-state index in [0.717, 1.165) is 5.41 Å². The van der Waals surface area contributed by atoms with Crippen molar-refractivity contribution in [2.24, 2.45) is 5.73 Å². The van der Waals surface area contributed by atoms with E-state index < -0.39 is 24.0 Å². The average molecular weight is 253 g/mol. The molecule has 88 valence electrons. The summed E-state index contributed by atoms with van der Waals surface area (Å²) >= 11 is 3.66. The highest BCUT2D eigenvalue weighted by Crippen LogP contribution is 2.25. The summed E-state index contributed by atoms with van der Waals surface area (Å²) in [5.41, 5.74) is 4.91. The highest BCUT2D eigenvalue weighted by molar-refractivity contribution is 7.83. The van der Waals surface area contributed by atoms with Crippen molar-refractivity contribution in [2.75, 3.05) is 0 Å². The predicted molar refractivity (Wildman–Crippen MR) is 54.1 cm³/mol. The lowest BCUT2D eigenvalue weighted by molar-refractivity contribution is -0.0523. The second-order valence-corrected chi connectivity index (χ2v) is 2.98. The van der Waals surface area contributed by atoms with Crippen LogP contribution >= 0.6 is 12.6 Å². The standard InChI is InChI=1S/C9H7F4NOS/c10-5-2-8(15-9(12)13)6(11)1-4(5)7(14)3-16/h1-3,9,16H,14H2/b7-3-. The van der Waals surface area contributed by atoms with E-state index in [2.05, 4.69) is 17.4 Å². The van der Waals surface area contributed by atoms with Crippen LogP contribution < -0.4 is 10.5 Å². The molecule has 2 nitrogen and oxygen atoms in total. The molecule has 2 N–H and O–H groups in total. The van der Waals surface area contributed by atoms with Crippen molar-refractivity contribution in [3.8, 4) is 5.75 Å². The molecule has 0 radical (unpaired) electrons. The minimum absolute atomic E-state index is 0.122. The van der Waals surface area contributed by atoms with Gasteiger partial charge < -0.3 is 10.5 Å². The summed E-state index contributed by atoms with van der Waals surface area (Å²) in [4.78, 5) is 0. The van der Waals surface area contributed by atoms with E-state index in [1.807, 2.05) is 0 Å². The lowest BCUT2D eigenvalue weighted by Gasteiger charge is -2.08. The summed E-state index contributed by atoms with van der Waals surface area (Å²) in [7, 11) is 0. The third-order valence-corrected chi connectivity index (χ3v) is 1.97. The van der Waals surface area contributed by atoms with Crippen LogP contribution in [0.1, 0.15) is 5.56 Å². The molecule has 1 aromatic carbocycles. The normalized spacial score (nSPS) is 12.0. The van der Waals surface area contributed by atoms with Gasteiger partial charge in [-0.1, -0.05) is 0 Å². The monoisotopic (exact) mass is 253 g/mol. The van der Waals surface area contributed by atoms with Crippen LogP contribution in [-0.4, -0.2) is 6.61 Å². The Bertz CT molecular complexity index is 422. The van der Waals surface area contributed by atoms with E-state index in [1.54, 1.807) is 0 Å². The van der Waals surface area contributed by atoms with Crippen LogP contribution in [0.4, 0.5) is 17.6 Å². The zero-order chi connectivity index (χ0) is 12.3. The first kappa shape index (κ1) is 12.7. The van der Waals surface area contributed by atoms with Crippen LogP contribution in [-0.2, 0) is 0 Å². The number of benzene rings is 1. The lowest BCUT2D eigenvalue weighted by atomic mass is 10.1. The van der Waals surface area contributed by atoms with E-state index >= 15 is 0 Å². The molecule has 7 heteroatoms. The summed E-state index contributed by atoms with van der Waals surface area (Å²) in [5, 5.41) is 1.06. The molecule has 16 heavy (non-hydrogen) atoms. The molecule has 0 saturated heterocycles. The van der Waals surface area contributed by atoms with Gasteiger partial charge in [-0.25, -0.2) is 8.78 Å². The van der Waals surface area contributed by atoms with Crippen molar-refractivity contribution in [3.63, 3.8) is 0 Å². The van der Waals surface area contributed by atoms with Crippen LogP contribution in [0.5, 0.6) is 5.75 Å². The van der Waals surface area contributed by atoms with Crippen molar-refractivity contribution in [3.05, 3.63) is 34.7 Å². The lowest BCUT2D eigenvalue weighted by Crippen LogP contribution is -2.06.